The molecule has 1 aliphatic heterocycles. The third-order valence-electron chi connectivity index (χ3n) is 5.80. The van der Waals surface area contributed by atoms with Crippen LogP contribution in [0.4, 0.5) is 14.5 Å². The van der Waals surface area contributed by atoms with Crippen molar-refractivity contribution in [3.8, 4) is 16.9 Å². The minimum atomic E-state index is -2.70. The molecule has 1 N–H and O–H groups in total. The number of hydrogen-bond acceptors (Lipinski definition) is 6. The molecule has 0 spiro atoms. The summed E-state index contributed by atoms with van der Waals surface area (Å²) in [7, 11) is 0. The van der Waals surface area contributed by atoms with Crippen molar-refractivity contribution >= 4 is 11.7 Å². The fraction of sp³-hybridized carbons (Fsp3) is 0.480. The van der Waals surface area contributed by atoms with Gasteiger partial charge in [-0.2, -0.15) is 0 Å². The van der Waals surface area contributed by atoms with Gasteiger partial charge in [0, 0.05) is 13.2 Å². The molecular formula is C25H29F2NO5. The molecule has 1 aliphatic carbocycles. The van der Waals surface area contributed by atoms with Crippen molar-refractivity contribution in [3.05, 3.63) is 47.5 Å². The van der Waals surface area contributed by atoms with Crippen molar-refractivity contribution in [2.75, 3.05) is 25.3 Å². The van der Waals surface area contributed by atoms with E-state index in [2.05, 4.69) is 5.48 Å². The van der Waals surface area contributed by atoms with Crippen LogP contribution in [0.3, 0.4) is 0 Å². The summed E-state index contributed by atoms with van der Waals surface area (Å²) in [4.78, 5) is 17.6. The second kappa shape index (κ2) is 10.9. The van der Waals surface area contributed by atoms with Gasteiger partial charge in [0.05, 0.1) is 36.5 Å². The number of alkyl halides is 2. The van der Waals surface area contributed by atoms with Crippen LogP contribution < -0.4 is 10.2 Å². The number of nitrogens with one attached hydrogen (secondary N) is 1. The second-order valence-electron chi connectivity index (χ2n) is 8.24. The molecule has 178 valence electrons. The van der Waals surface area contributed by atoms with Gasteiger partial charge in [0.2, 0.25) is 0 Å². The Morgan fingerprint density at radius 1 is 1.12 bits per heavy atom. The highest BCUT2D eigenvalue weighted by Gasteiger charge is 2.26. The number of anilines is 1. The van der Waals surface area contributed by atoms with Crippen molar-refractivity contribution in [2.24, 2.45) is 5.92 Å². The molecule has 0 atom stereocenters. The van der Waals surface area contributed by atoms with Gasteiger partial charge in [-0.1, -0.05) is 18.2 Å². The maximum absolute atomic E-state index is 14.0. The number of hydrogen-bond donors (Lipinski definition) is 1. The summed E-state index contributed by atoms with van der Waals surface area (Å²) >= 11 is 0. The SMILES string of the molecule is CCOc1cccc(-c2ccc(NOC(=O)C3CCOCC3)cc2COC2CC2)c1C(F)F. The largest absolute Gasteiger partial charge is 0.493 e. The first kappa shape index (κ1) is 23.4. The lowest BCUT2D eigenvalue weighted by atomic mass is 9.94. The van der Waals surface area contributed by atoms with Crippen molar-refractivity contribution in [2.45, 2.75) is 51.7 Å². The zero-order valence-electron chi connectivity index (χ0n) is 18.7. The summed E-state index contributed by atoms with van der Waals surface area (Å²) in [6.45, 7) is 3.42. The van der Waals surface area contributed by atoms with E-state index in [1.54, 1.807) is 43.3 Å². The Kier molecular flexibility index (Phi) is 7.77. The maximum atomic E-state index is 14.0. The molecule has 2 aliphatic rings. The van der Waals surface area contributed by atoms with Gasteiger partial charge in [-0.3, -0.25) is 0 Å². The van der Waals surface area contributed by atoms with Gasteiger partial charge in [-0.15, -0.1) is 0 Å². The summed E-state index contributed by atoms with van der Waals surface area (Å²) in [5, 5.41) is 0. The first-order valence-corrected chi connectivity index (χ1v) is 11.4. The molecule has 0 bridgehead atoms. The Morgan fingerprint density at radius 3 is 2.61 bits per heavy atom. The van der Waals surface area contributed by atoms with Gasteiger partial charge in [-0.05, 0) is 67.5 Å². The molecule has 0 aromatic heterocycles. The summed E-state index contributed by atoms with van der Waals surface area (Å²) in [6, 6.07) is 10.2. The van der Waals surface area contributed by atoms with Crippen LogP contribution in [0.25, 0.3) is 11.1 Å². The lowest BCUT2D eigenvalue weighted by Crippen LogP contribution is -2.26. The molecule has 4 rings (SSSR count). The van der Waals surface area contributed by atoms with Crippen molar-refractivity contribution in [1.29, 1.82) is 0 Å². The highest BCUT2D eigenvalue weighted by molar-refractivity contribution is 5.76. The van der Waals surface area contributed by atoms with Gasteiger partial charge in [0.15, 0.2) is 0 Å². The second-order valence-corrected chi connectivity index (χ2v) is 8.24. The molecular weight excluding hydrogens is 432 g/mol. The van der Waals surface area contributed by atoms with Crippen molar-refractivity contribution in [1.82, 2.24) is 0 Å². The van der Waals surface area contributed by atoms with Crippen LogP contribution >= 0.6 is 0 Å². The van der Waals surface area contributed by atoms with E-state index in [9.17, 15) is 13.6 Å². The minimum Gasteiger partial charge on any atom is -0.493 e. The number of ether oxygens (including phenoxy) is 3. The van der Waals surface area contributed by atoms with Crippen LogP contribution in [-0.4, -0.2) is 31.9 Å². The first-order valence-electron chi connectivity index (χ1n) is 11.4. The van der Waals surface area contributed by atoms with Gasteiger partial charge < -0.3 is 19.0 Å². The van der Waals surface area contributed by atoms with E-state index in [-0.39, 0.29) is 35.9 Å². The molecule has 8 heteroatoms. The normalized spacial score (nSPS) is 16.6. The monoisotopic (exact) mass is 461 g/mol. The highest BCUT2D eigenvalue weighted by atomic mass is 19.3. The van der Waals surface area contributed by atoms with Crippen LogP contribution in [0.1, 0.15) is 50.2 Å². The molecule has 2 aromatic carbocycles. The lowest BCUT2D eigenvalue weighted by molar-refractivity contribution is -0.148. The Hall–Kier alpha value is -2.71. The highest BCUT2D eigenvalue weighted by Crippen LogP contribution is 2.40. The molecule has 0 amide bonds. The number of benzene rings is 2. The van der Waals surface area contributed by atoms with Crippen molar-refractivity contribution < 1.29 is 32.6 Å². The van der Waals surface area contributed by atoms with E-state index in [0.29, 0.717) is 49.5 Å². The van der Waals surface area contributed by atoms with E-state index >= 15 is 0 Å². The third kappa shape index (κ3) is 6.00. The average molecular weight is 462 g/mol. The fourth-order valence-corrected chi connectivity index (χ4v) is 3.89. The summed E-state index contributed by atoms with van der Waals surface area (Å²) in [5.41, 5.74) is 4.88. The predicted octanol–water partition coefficient (Wildman–Crippen LogP) is 5.67. The van der Waals surface area contributed by atoms with Crippen LogP contribution in [0.2, 0.25) is 0 Å². The van der Waals surface area contributed by atoms with E-state index in [0.717, 1.165) is 18.4 Å². The zero-order valence-corrected chi connectivity index (χ0v) is 18.7. The number of carbonyl (C=O) groups is 1. The van der Waals surface area contributed by atoms with Crippen LogP contribution in [0, 0.1) is 5.92 Å². The molecule has 6 nitrogen and oxygen atoms in total. The first-order chi connectivity index (χ1) is 16.1. The van der Waals surface area contributed by atoms with Gasteiger partial charge in [0.1, 0.15) is 5.75 Å². The Labute approximate surface area is 192 Å². The molecule has 0 unspecified atom stereocenters. The molecule has 2 aromatic rings. The standard InChI is InChI=1S/C25H29F2NO5/c1-2-31-22-5-3-4-21(23(22)24(26)27)20-9-6-18(14-17(20)15-32-19-7-8-19)28-33-25(29)16-10-12-30-13-11-16/h3-6,9,14,16,19,24,28H,2,7-8,10-13,15H2,1H3. The number of rotatable bonds is 10. The Bertz CT molecular complexity index is 958. The fourth-order valence-electron chi connectivity index (χ4n) is 3.89. The number of carbonyl (C=O) groups excluding carboxylic acids is 1. The van der Waals surface area contributed by atoms with Gasteiger partial charge >= 0.3 is 5.97 Å². The van der Waals surface area contributed by atoms with E-state index in [1.165, 1.54) is 0 Å². The van der Waals surface area contributed by atoms with Gasteiger partial charge in [-0.25, -0.2) is 19.1 Å². The topological polar surface area (TPSA) is 66.0 Å². The molecule has 0 radical (unpaired) electrons. The molecule has 1 saturated carbocycles. The predicted molar refractivity (Wildman–Crippen MR) is 119 cm³/mol. The van der Waals surface area contributed by atoms with Crippen molar-refractivity contribution in [3.63, 3.8) is 0 Å². The van der Waals surface area contributed by atoms with Gasteiger partial charge in [0.25, 0.3) is 6.43 Å². The van der Waals surface area contributed by atoms with E-state index < -0.39 is 6.43 Å². The zero-order chi connectivity index (χ0) is 23.2. The summed E-state index contributed by atoms with van der Waals surface area (Å²) in [5.74, 6) is -0.354. The third-order valence-corrected chi connectivity index (χ3v) is 5.80. The summed E-state index contributed by atoms with van der Waals surface area (Å²) in [6.07, 6.45) is 0.762. The molecule has 33 heavy (non-hydrogen) atoms. The summed E-state index contributed by atoms with van der Waals surface area (Å²) < 4.78 is 44.7. The number of halogens is 2. The lowest BCUT2D eigenvalue weighted by Gasteiger charge is -2.21. The van der Waals surface area contributed by atoms with Crippen LogP contribution in [0.5, 0.6) is 5.75 Å². The minimum absolute atomic E-state index is 0.140. The Morgan fingerprint density at radius 2 is 1.91 bits per heavy atom. The Balaban J connectivity index is 1.59. The van der Waals surface area contributed by atoms with E-state index in [1.807, 2.05) is 0 Å². The van der Waals surface area contributed by atoms with Crippen LogP contribution in [0.15, 0.2) is 36.4 Å². The molecule has 2 fully saturated rings. The smallest absolute Gasteiger partial charge is 0.335 e. The van der Waals surface area contributed by atoms with Crippen LogP contribution in [-0.2, 0) is 25.7 Å². The molecule has 1 heterocycles. The van der Waals surface area contributed by atoms with E-state index in [4.69, 9.17) is 19.0 Å². The maximum Gasteiger partial charge on any atom is 0.335 e. The molecule has 1 saturated heterocycles. The quantitative estimate of drug-likeness (QED) is 0.460. The average Bonchev–Trinajstić information content (AvgIpc) is 3.66.